The van der Waals surface area contributed by atoms with Gasteiger partial charge in [-0.25, -0.2) is 4.98 Å². The number of benzene rings is 2. The summed E-state index contributed by atoms with van der Waals surface area (Å²) in [6.07, 6.45) is 1.31. The highest BCUT2D eigenvalue weighted by Crippen LogP contribution is 2.30. The monoisotopic (exact) mass is 342 g/mol. The Morgan fingerprint density at radius 1 is 1.25 bits per heavy atom. The Kier molecular flexibility index (Phi) is 3.96. The van der Waals surface area contributed by atoms with Crippen molar-refractivity contribution in [1.29, 1.82) is 0 Å². The molecule has 1 atom stereocenters. The van der Waals surface area contributed by atoms with E-state index < -0.39 is 0 Å². The summed E-state index contributed by atoms with van der Waals surface area (Å²) in [6, 6.07) is 12.7. The smallest absolute Gasteiger partial charge is 0.253 e. The van der Waals surface area contributed by atoms with Crippen LogP contribution in [-0.2, 0) is 9.53 Å². The molecule has 0 aliphatic carbocycles. The van der Waals surface area contributed by atoms with E-state index in [0.29, 0.717) is 34.3 Å². The molecular formula is C18H15ClN2O3. The molecule has 6 heteroatoms. The predicted molar refractivity (Wildman–Crippen MR) is 92.1 cm³/mol. The quantitative estimate of drug-likeness (QED) is 0.772. The molecule has 0 bridgehead atoms. The van der Waals surface area contributed by atoms with Crippen molar-refractivity contribution >= 4 is 34.3 Å². The summed E-state index contributed by atoms with van der Waals surface area (Å²) in [5.74, 6) is 0.330. The van der Waals surface area contributed by atoms with Gasteiger partial charge in [0.2, 0.25) is 5.89 Å². The molecule has 2 heterocycles. The SMILES string of the molecule is O=C(Nc1ccc2nc(-c3ccccc3Cl)oc2c1)C1CCCO1. The van der Waals surface area contributed by atoms with Crippen molar-refractivity contribution in [2.24, 2.45) is 0 Å². The lowest BCUT2D eigenvalue weighted by Crippen LogP contribution is -2.26. The number of hydrogen-bond donors (Lipinski definition) is 1. The fourth-order valence-corrected chi connectivity index (χ4v) is 2.98. The average Bonchev–Trinajstić information content (AvgIpc) is 3.24. The van der Waals surface area contributed by atoms with Gasteiger partial charge in [0.15, 0.2) is 5.58 Å². The molecule has 122 valence electrons. The van der Waals surface area contributed by atoms with E-state index in [1.54, 1.807) is 18.2 Å². The summed E-state index contributed by atoms with van der Waals surface area (Å²) in [5.41, 5.74) is 2.69. The van der Waals surface area contributed by atoms with E-state index in [0.717, 1.165) is 18.4 Å². The van der Waals surface area contributed by atoms with Gasteiger partial charge in [-0.15, -0.1) is 0 Å². The van der Waals surface area contributed by atoms with Crippen LogP contribution >= 0.6 is 11.6 Å². The summed E-state index contributed by atoms with van der Waals surface area (Å²) in [4.78, 5) is 16.6. The van der Waals surface area contributed by atoms with Crippen LogP contribution in [0.2, 0.25) is 5.02 Å². The zero-order chi connectivity index (χ0) is 16.5. The highest BCUT2D eigenvalue weighted by Gasteiger charge is 2.23. The predicted octanol–water partition coefficient (Wildman–Crippen LogP) is 4.27. The molecular weight excluding hydrogens is 328 g/mol. The highest BCUT2D eigenvalue weighted by atomic mass is 35.5. The Balaban J connectivity index is 1.61. The van der Waals surface area contributed by atoms with Crippen molar-refractivity contribution in [2.75, 3.05) is 11.9 Å². The number of fused-ring (bicyclic) bond motifs is 1. The Bertz CT molecular complexity index is 900. The maximum Gasteiger partial charge on any atom is 0.253 e. The first-order chi connectivity index (χ1) is 11.7. The number of aromatic nitrogens is 1. The van der Waals surface area contributed by atoms with E-state index in [9.17, 15) is 4.79 Å². The summed E-state index contributed by atoms with van der Waals surface area (Å²) in [5, 5.41) is 3.44. The molecule has 0 spiro atoms. The Morgan fingerprint density at radius 3 is 2.92 bits per heavy atom. The van der Waals surface area contributed by atoms with Crippen LogP contribution < -0.4 is 5.32 Å². The lowest BCUT2D eigenvalue weighted by molar-refractivity contribution is -0.124. The lowest BCUT2D eigenvalue weighted by Gasteiger charge is -2.09. The Morgan fingerprint density at radius 2 is 2.12 bits per heavy atom. The van der Waals surface area contributed by atoms with Gasteiger partial charge in [-0.1, -0.05) is 23.7 Å². The van der Waals surface area contributed by atoms with Crippen molar-refractivity contribution in [3.8, 4) is 11.5 Å². The van der Waals surface area contributed by atoms with E-state index in [1.807, 2.05) is 24.3 Å². The van der Waals surface area contributed by atoms with E-state index >= 15 is 0 Å². The van der Waals surface area contributed by atoms with Crippen molar-refractivity contribution in [3.63, 3.8) is 0 Å². The minimum absolute atomic E-state index is 0.127. The number of nitrogens with one attached hydrogen (secondary N) is 1. The topological polar surface area (TPSA) is 64.4 Å². The third-order valence-electron chi connectivity index (χ3n) is 3.98. The molecule has 3 aromatic rings. The number of nitrogens with zero attached hydrogens (tertiary/aromatic N) is 1. The molecule has 2 aromatic carbocycles. The minimum atomic E-state index is -0.367. The fourth-order valence-electron chi connectivity index (χ4n) is 2.76. The van der Waals surface area contributed by atoms with Gasteiger partial charge < -0.3 is 14.5 Å². The molecule has 0 radical (unpaired) electrons. The van der Waals surface area contributed by atoms with Crippen LogP contribution in [0.25, 0.3) is 22.6 Å². The maximum atomic E-state index is 12.1. The van der Waals surface area contributed by atoms with Crippen molar-refractivity contribution < 1.29 is 13.9 Å². The molecule has 1 aromatic heterocycles. The number of rotatable bonds is 3. The second-order valence-electron chi connectivity index (χ2n) is 5.67. The van der Waals surface area contributed by atoms with Crippen molar-refractivity contribution in [2.45, 2.75) is 18.9 Å². The minimum Gasteiger partial charge on any atom is -0.436 e. The first kappa shape index (κ1) is 15.2. The largest absolute Gasteiger partial charge is 0.436 e. The summed E-state index contributed by atoms with van der Waals surface area (Å²) >= 11 is 6.19. The number of hydrogen-bond acceptors (Lipinski definition) is 4. The highest BCUT2D eigenvalue weighted by molar-refractivity contribution is 6.33. The van der Waals surface area contributed by atoms with Gasteiger partial charge in [-0.2, -0.15) is 0 Å². The third kappa shape index (κ3) is 2.88. The molecule has 4 rings (SSSR count). The van der Waals surface area contributed by atoms with E-state index in [4.69, 9.17) is 20.8 Å². The molecule has 1 saturated heterocycles. The number of ether oxygens (including phenoxy) is 1. The fraction of sp³-hybridized carbons (Fsp3) is 0.222. The molecule has 1 N–H and O–H groups in total. The van der Waals surface area contributed by atoms with Crippen LogP contribution in [0.4, 0.5) is 5.69 Å². The number of halogens is 1. The zero-order valence-corrected chi connectivity index (χ0v) is 13.5. The van der Waals surface area contributed by atoms with E-state index in [2.05, 4.69) is 10.3 Å². The zero-order valence-electron chi connectivity index (χ0n) is 12.8. The lowest BCUT2D eigenvalue weighted by atomic mass is 10.2. The van der Waals surface area contributed by atoms with Crippen molar-refractivity contribution in [1.82, 2.24) is 4.98 Å². The first-order valence-corrected chi connectivity index (χ1v) is 8.16. The Labute approximate surface area is 143 Å². The summed E-state index contributed by atoms with van der Waals surface area (Å²) in [6.45, 7) is 0.639. The Hall–Kier alpha value is -2.37. The normalized spacial score (nSPS) is 17.3. The average molecular weight is 343 g/mol. The van der Waals surface area contributed by atoms with Gasteiger partial charge in [0, 0.05) is 18.4 Å². The molecule has 1 aliphatic rings. The van der Waals surface area contributed by atoms with E-state index in [-0.39, 0.29) is 12.0 Å². The second kappa shape index (κ2) is 6.26. The van der Waals surface area contributed by atoms with Crippen LogP contribution in [0.5, 0.6) is 0 Å². The molecule has 1 aliphatic heterocycles. The molecule has 5 nitrogen and oxygen atoms in total. The summed E-state index contributed by atoms with van der Waals surface area (Å²) in [7, 11) is 0. The third-order valence-corrected chi connectivity index (χ3v) is 4.31. The van der Waals surface area contributed by atoms with Crippen LogP contribution in [-0.4, -0.2) is 23.6 Å². The van der Waals surface area contributed by atoms with Crippen LogP contribution in [0, 0.1) is 0 Å². The maximum absolute atomic E-state index is 12.1. The van der Waals surface area contributed by atoms with Crippen LogP contribution in [0.1, 0.15) is 12.8 Å². The number of carbonyl (C=O) groups excluding carboxylic acids is 1. The molecule has 1 unspecified atom stereocenters. The van der Waals surface area contributed by atoms with Gasteiger partial charge in [-0.05, 0) is 37.1 Å². The van der Waals surface area contributed by atoms with Crippen LogP contribution in [0.3, 0.4) is 0 Å². The number of carbonyl (C=O) groups is 1. The first-order valence-electron chi connectivity index (χ1n) is 7.79. The van der Waals surface area contributed by atoms with Crippen LogP contribution in [0.15, 0.2) is 46.9 Å². The number of amides is 1. The van der Waals surface area contributed by atoms with Gasteiger partial charge >= 0.3 is 0 Å². The van der Waals surface area contributed by atoms with Gasteiger partial charge in [0.1, 0.15) is 11.6 Å². The second-order valence-corrected chi connectivity index (χ2v) is 6.08. The molecule has 24 heavy (non-hydrogen) atoms. The van der Waals surface area contributed by atoms with Gasteiger partial charge in [0.05, 0.1) is 10.6 Å². The molecule has 0 saturated carbocycles. The number of anilines is 1. The van der Waals surface area contributed by atoms with Gasteiger partial charge in [0.25, 0.3) is 5.91 Å². The standard InChI is InChI=1S/C18H15ClN2O3/c19-13-5-2-1-4-12(13)18-21-14-8-7-11(10-16(14)24-18)20-17(22)15-6-3-9-23-15/h1-2,4-5,7-8,10,15H,3,6,9H2,(H,20,22). The molecule has 1 fully saturated rings. The van der Waals surface area contributed by atoms with Crippen molar-refractivity contribution in [3.05, 3.63) is 47.5 Å². The number of oxazole rings is 1. The van der Waals surface area contributed by atoms with Gasteiger partial charge in [-0.3, -0.25) is 4.79 Å². The molecule has 1 amide bonds. The summed E-state index contributed by atoms with van der Waals surface area (Å²) < 4.78 is 11.2. The van der Waals surface area contributed by atoms with E-state index in [1.165, 1.54) is 0 Å².